The van der Waals surface area contributed by atoms with E-state index in [1.807, 2.05) is 0 Å². The zero-order chi connectivity index (χ0) is 10.6. The van der Waals surface area contributed by atoms with Crippen LogP contribution in [0.2, 0.25) is 0 Å². The van der Waals surface area contributed by atoms with E-state index in [1.165, 1.54) is 0 Å². The normalized spacial score (nSPS) is 13.8. The van der Waals surface area contributed by atoms with Crippen molar-refractivity contribution in [3.63, 3.8) is 0 Å². The molecule has 0 spiro atoms. The first-order chi connectivity index (χ1) is 5.92. The predicted octanol–water partition coefficient (Wildman–Crippen LogP) is -0.449. The number of aliphatic hydroxyl groups is 1. The fourth-order valence-electron chi connectivity index (χ4n) is 0.718. The Balaban J connectivity index is 5.08. The maximum absolute atomic E-state index is 10.6. The SMILES string of the molecule is COC(OC)(C(=O)O)C(O)P(=O)=O. The van der Waals surface area contributed by atoms with Gasteiger partial charge < -0.3 is 19.7 Å². The Bertz CT molecular complexity index is 246. The quantitative estimate of drug-likeness (QED) is 0.469. The number of aliphatic carboxylic acids is 1. The number of rotatable bonds is 5. The molecule has 76 valence electrons. The van der Waals surface area contributed by atoms with Crippen LogP contribution < -0.4 is 0 Å². The molecule has 0 aromatic carbocycles. The molecular formula is C5H9O7P. The summed E-state index contributed by atoms with van der Waals surface area (Å²) in [4.78, 5) is 10.6. The van der Waals surface area contributed by atoms with E-state index in [0.717, 1.165) is 14.2 Å². The van der Waals surface area contributed by atoms with Crippen LogP contribution in [0, 0.1) is 0 Å². The van der Waals surface area contributed by atoms with Gasteiger partial charge in [-0.15, -0.1) is 0 Å². The van der Waals surface area contributed by atoms with Crippen LogP contribution in [0.15, 0.2) is 0 Å². The van der Waals surface area contributed by atoms with Gasteiger partial charge in [0.15, 0.2) is 0 Å². The van der Waals surface area contributed by atoms with Gasteiger partial charge in [-0.05, 0) is 0 Å². The Morgan fingerprint density at radius 3 is 1.85 bits per heavy atom. The lowest BCUT2D eigenvalue weighted by atomic mass is 10.3. The van der Waals surface area contributed by atoms with Crippen molar-refractivity contribution < 1.29 is 33.6 Å². The molecule has 0 rings (SSSR count). The fraction of sp³-hybridized carbons (Fsp3) is 0.800. The highest BCUT2D eigenvalue weighted by atomic mass is 31.1. The molecule has 0 amide bonds. The van der Waals surface area contributed by atoms with Crippen LogP contribution in [0.3, 0.4) is 0 Å². The van der Waals surface area contributed by atoms with E-state index < -0.39 is 25.3 Å². The molecule has 0 saturated carbocycles. The predicted molar refractivity (Wildman–Crippen MR) is 38.7 cm³/mol. The third kappa shape index (κ3) is 2.13. The first-order valence-corrected chi connectivity index (χ1v) is 4.32. The van der Waals surface area contributed by atoms with Gasteiger partial charge in [-0.1, -0.05) is 0 Å². The Labute approximate surface area is 74.1 Å². The Morgan fingerprint density at radius 2 is 1.77 bits per heavy atom. The van der Waals surface area contributed by atoms with Gasteiger partial charge in [0, 0.05) is 14.2 Å². The van der Waals surface area contributed by atoms with Crippen molar-refractivity contribution in [2.24, 2.45) is 0 Å². The number of hydrogen-bond acceptors (Lipinski definition) is 6. The largest absolute Gasteiger partial charge is 0.477 e. The summed E-state index contributed by atoms with van der Waals surface area (Å²) in [6.07, 6.45) is 0. The van der Waals surface area contributed by atoms with Gasteiger partial charge >= 0.3 is 19.4 Å². The molecule has 0 aromatic rings. The van der Waals surface area contributed by atoms with E-state index in [9.17, 15) is 13.9 Å². The van der Waals surface area contributed by atoms with Crippen molar-refractivity contribution in [3.8, 4) is 0 Å². The highest BCUT2D eigenvalue weighted by Gasteiger charge is 2.50. The van der Waals surface area contributed by atoms with E-state index >= 15 is 0 Å². The topological polar surface area (TPSA) is 110 Å². The molecule has 13 heavy (non-hydrogen) atoms. The van der Waals surface area contributed by atoms with Crippen molar-refractivity contribution in [1.29, 1.82) is 0 Å². The third-order valence-electron chi connectivity index (χ3n) is 1.44. The van der Waals surface area contributed by atoms with E-state index in [0.29, 0.717) is 0 Å². The minimum atomic E-state index is -3.37. The Hall–Kier alpha value is -0.750. The highest BCUT2D eigenvalue weighted by molar-refractivity contribution is 7.31. The standard InChI is InChI=1S/C5H9O7P/c1-11-5(12-2,3(6)7)4(8)13(9)10/h4,8H,1-2H3,(H,6,7). The van der Waals surface area contributed by atoms with Gasteiger partial charge in [0.1, 0.15) is 0 Å². The number of hydrogen-bond donors (Lipinski definition) is 2. The van der Waals surface area contributed by atoms with Crippen molar-refractivity contribution in [3.05, 3.63) is 0 Å². The van der Waals surface area contributed by atoms with Crippen LogP contribution in [0.1, 0.15) is 0 Å². The molecule has 1 unspecified atom stereocenters. The van der Waals surface area contributed by atoms with Gasteiger partial charge in [0.05, 0.1) is 0 Å². The average Bonchev–Trinajstić information content (AvgIpc) is 2.06. The maximum Gasteiger partial charge on any atom is 0.368 e. The van der Waals surface area contributed by atoms with Crippen molar-refractivity contribution >= 4 is 13.6 Å². The molecule has 0 aliphatic carbocycles. The zero-order valence-electron chi connectivity index (χ0n) is 6.96. The van der Waals surface area contributed by atoms with Crippen molar-refractivity contribution in [2.75, 3.05) is 14.2 Å². The maximum atomic E-state index is 10.6. The Morgan fingerprint density at radius 1 is 1.38 bits per heavy atom. The summed E-state index contributed by atoms with van der Waals surface area (Å²) < 4.78 is 29.3. The molecule has 0 saturated heterocycles. The minimum Gasteiger partial charge on any atom is -0.477 e. The number of ether oxygens (including phenoxy) is 2. The highest BCUT2D eigenvalue weighted by Crippen LogP contribution is 2.28. The summed E-state index contributed by atoms with van der Waals surface area (Å²) in [5.41, 5.74) is 0. The van der Waals surface area contributed by atoms with Gasteiger partial charge in [0.2, 0.25) is 5.85 Å². The fourth-order valence-corrected chi connectivity index (χ4v) is 1.32. The van der Waals surface area contributed by atoms with Gasteiger partial charge in [-0.25, -0.2) is 13.9 Å². The summed E-state index contributed by atoms with van der Waals surface area (Å²) in [6.45, 7) is 0. The first kappa shape index (κ1) is 12.2. The Kier molecular flexibility index (Phi) is 4.22. The molecule has 0 radical (unpaired) electrons. The molecule has 0 bridgehead atoms. The molecule has 0 fully saturated rings. The number of carboxylic acid groups (broad SMARTS) is 1. The first-order valence-electron chi connectivity index (χ1n) is 3.07. The molecule has 8 heteroatoms. The van der Waals surface area contributed by atoms with E-state index in [1.54, 1.807) is 0 Å². The minimum absolute atomic E-state index is 0.916. The second-order valence-corrected chi connectivity index (χ2v) is 3.10. The number of methoxy groups -OCH3 is 2. The van der Waals surface area contributed by atoms with Crippen LogP contribution in [0.25, 0.3) is 0 Å². The van der Waals surface area contributed by atoms with E-state index in [-0.39, 0.29) is 0 Å². The van der Waals surface area contributed by atoms with Crippen LogP contribution in [0.5, 0.6) is 0 Å². The molecule has 2 N–H and O–H groups in total. The third-order valence-corrected chi connectivity index (χ3v) is 2.18. The van der Waals surface area contributed by atoms with Crippen LogP contribution in [0.4, 0.5) is 0 Å². The summed E-state index contributed by atoms with van der Waals surface area (Å²) in [7, 11) is -1.54. The molecular weight excluding hydrogens is 203 g/mol. The van der Waals surface area contributed by atoms with Crippen LogP contribution in [-0.2, 0) is 23.4 Å². The lowest BCUT2D eigenvalue weighted by Crippen LogP contribution is -2.50. The second kappa shape index (κ2) is 4.48. The van der Waals surface area contributed by atoms with Gasteiger partial charge in [-0.3, -0.25) is 0 Å². The average molecular weight is 212 g/mol. The van der Waals surface area contributed by atoms with E-state index in [4.69, 9.17) is 10.2 Å². The summed E-state index contributed by atoms with van der Waals surface area (Å²) >= 11 is 0. The molecule has 0 aliphatic heterocycles. The van der Waals surface area contributed by atoms with Crippen molar-refractivity contribution in [2.45, 2.75) is 11.6 Å². The lowest BCUT2D eigenvalue weighted by Gasteiger charge is -2.26. The molecule has 0 heterocycles. The zero-order valence-corrected chi connectivity index (χ0v) is 7.85. The van der Waals surface area contributed by atoms with Crippen molar-refractivity contribution in [1.82, 2.24) is 0 Å². The van der Waals surface area contributed by atoms with Gasteiger partial charge in [0.25, 0.3) is 0 Å². The summed E-state index contributed by atoms with van der Waals surface area (Å²) in [6, 6.07) is 0. The second-order valence-electron chi connectivity index (χ2n) is 2.04. The molecule has 0 aliphatic rings. The van der Waals surface area contributed by atoms with E-state index in [2.05, 4.69) is 9.47 Å². The summed E-state index contributed by atoms with van der Waals surface area (Å²) in [5, 5.41) is 17.5. The molecule has 0 aromatic heterocycles. The number of aliphatic hydroxyl groups excluding tert-OH is 1. The van der Waals surface area contributed by atoms with Crippen LogP contribution in [-0.4, -0.2) is 42.0 Å². The number of carbonyl (C=O) groups is 1. The molecule has 7 nitrogen and oxygen atoms in total. The summed E-state index contributed by atoms with van der Waals surface area (Å²) in [5.74, 6) is -6.53. The lowest BCUT2D eigenvalue weighted by molar-refractivity contribution is -0.245. The smallest absolute Gasteiger partial charge is 0.368 e. The monoisotopic (exact) mass is 212 g/mol. The number of carboxylic acids is 1. The molecule has 1 atom stereocenters. The van der Waals surface area contributed by atoms with Gasteiger partial charge in [-0.2, -0.15) is 0 Å². The van der Waals surface area contributed by atoms with Crippen LogP contribution >= 0.6 is 7.68 Å².